The number of ether oxygens (including phenoxy) is 1. The van der Waals surface area contributed by atoms with Crippen LogP contribution in [0.2, 0.25) is 0 Å². The van der Waals surface area contributed by atoms with Crippen LogP contribution < -0.4 is 10.1 Å². The van der Waals surface area contributed by atoms with Gasteiger partial charge in [0.1, 0.15) is 23.5 Å². The molecule has 0 saturated carbocycles. The number of nitrogens with one attached hydrogen (secondary N) is 1. The first-order valence-electron chi connectivity index (χ1n) is 12.0. The summed E-state index contributed by atoms with van der Waals surface area (Å²) in [5, 5.41) is 22.0. The molecular weight excluding hydrogens is 614 g/mol. The van der Waals surface area contributed by atoms with Crippen molar-refractivity contribution in [1.29, 1.82) is 0 Å². The minimum atomic E-state index is -6.45. The largest absolute Gasteiger partial charge is 0.461 e. The van der Waals surface area contributed by atoms with Gasteiger partial charge in [-0.1, -0.05) is 42.5 Å². The number of aliphatic hydroxyl groups is 2. The molecule has 0 radical (unpaired) electrons. The van der Waals surface area contributed by atoms with Gasteiger partial charge < -0.3 is 20.3 Å². The van der Waals surface area contributed by atoms with Crippen LogP contribution >= 0.6 is 0 Å². The highest BCUT2D eigenvalue weighted by atomic mass is 19.4. The van der Waals surface area contributed by atoms with Crippen LogP contribution in [0.3, 0.4) is 0 Å². The molecule has 2 atom stereocenters. The molecule has 0 fully saturated rings. The first kappa shape index (κ1) is 34.0. The SMILES string of the molecule is OC(CN[C@](Cc1ccccc1)(c1ccc(F)cc1)c1cc(F)cc(OC(F)(F)C(F)F)c1)C(O)(C(F)(F)F)C(F)(F)F. The van der Waals surface area contributed by atoms with Crippen LogP contribution in [0.15, 0.2) is 72.8 Å². The lowest BCUT2D eigenvalue weighted by molar-refractivity contribution is -0.390. The Morgan fingerprint density at radius 1 is 0.721 bits per heavy atom. The van der Waals surface area contributed by atoms with E-state index in [-0.39, 0.29) is 17.2 Å². The molecule has 0 aliphatic heterocycles. The van der Waals surface area contributed by atoms with E-state index in [9.17, 15) is 62.9 Å². The van der Waals surface area contributed by atoms with Gasteiger partial charge in [-0.3, -0.25) is 0 Å². The standard InChI is InChI=1S/C27H21F12NO3/c28-18-8-6-16(7-9-18)23(13-15-4-2-1-3-5-15,40-14-21(41)24(42,26(34,35)36)27(37,38)39)17-10-19(29)12-20(11-17)43-25(32,33)22(30)31/h1-12,21-22,40-42H,13-14H2/t21?,23-/m1/s1. The lowest BCUT2D eigenvalue weighted by Crippen LogP contribution is -2.67. The Labute approximate surface area is 235 Å². The van der Waals surface area contributed by atoms with Gasteiger partial charge in [-0.2, -0.15) is 43.9 Å². The first-order chi connectivity index (χ1) is 19.7. The maximum Gasteiger partial charge on any atom is 0.461 e. The number of rotatable bonds is 11. The van der Waals surface area contributed by atoms with Crippen LogP contribution in [-0.2, 0) is 12.0 Å². The van der Waals surface area contributed by atoms with Crippen LogP contribution in [-0.4, -0.2) is 53.3 Å². The van der Waals surface area contributed by atoms with Crippen molar-refractivity contribution in [2.24, 2.45) is 0 Å². The van der Waals surface area contributed by atoms with E-state index in [0.717, 1.165) is 24.3 Å². The fourth-order valence-electron chi connectivity index (χ4n) is 4.30. The van der Waals surface area contributed by atoms with E-state index >= 15 is 0 Å². The highest BCUT2D eigenvalue weighted by Gasteiger charge is 2.74. The molecule has 3 N–H and O–H groups in total. The number of hydrogen-bond acceptors (Lipinski definition) is 4. The number of hydrogen-bond donors (Lipinski definition) is 3. The van der Waals surface area contributed by atoms with Crippen LogP contribution in [0.1, 0.15) is 16.7 Å². The predicted molar refractivity (Wildman–Crippen MR) is 126 cm³/mol. The Hall–Kier alpha value is -3.50. The maximum atomic E-state index is 14.8. The molecule has 3 rings (SSSR count). The minimum Gasteiger partial charge on any atom is -0.428 e. The first-order valence-corrected chi connectivity index (χ1v) is 12.0. The van der Waals surface area contributed by atoms with Crippen molar-refractivity contribution in [1.82, 2.24) is 5.32 Å². The van der Waals surface area contributed by atoms with E-state index in [1.807, 2.05) is 0 Å². The van der Waals surface area contributed by atoms with Crippen LogP contribution in [0.25, 0.3) is 0 Å². The smallest absolute Gasteiger partial charge is 0.428 e. The Kier molecular flexibility index (Phi) is 9.68. The fraction of sp³-hybridized carbons (Fsp3) is 0.333. The second-order valence-corrected chi connectivity index (χ2v) is 9.37. The molecule has 0 aliphatic carbocycles. The Bertz CT molecular complexity index is 1350. The highest BCUT2D eigenvalue weighted by molar-refractivity contribution is 5.44. The molecule has 3 aromatic rings. The quantitative estimate of drug-likeness (QED) is 0.211. The van der Waals surface area contributed by atoms with Gasteiger partial charge in [0.2, 0.25) is 0 Å². The third kappa shape index (κ3) is 7.18. The molecule has 0 bridgehead atoms. The van der Waals surface area contributed by atoms with Crippen LogP contribution in [0.4, 0.5) is 52.7 Å². The second-order valence-electron chi connectivity index (χ2n) is 9.37. The molecule has 0 spiro atoms. The summed E-state index contributed by atoms with van der Waals surface area (Å²) in [4.78, 5) is 0. The predicted octanol–water partition coefficient (Wildman–Crippen LogP) is 6.49. The summed E-state index contributed by atoms with van der Waals surface area (Å²) in [5.41, 5.74) is -8.54. The number of halogens is 12. The van der Waals surface area contributed by atoms with Gasteiger partial charge in [0, 0.05) is 12.6 Å². The normalized spacial score (nSPS) is 15.3. The average Bonchev–Trinajstić information content (AvgIpc) is 2.89. The molecule has 0 saturated heterocycles. The van der Waals surface area contributed by atoms with Gasteiger partial charge in [0.15, 0.2) is 0 Å². The monoisotopic (exact) mass is 635 g/mol. The van der Waals surface area contributed by atoms with E-state index in [0.29, 0.717) is 12.1 Å². The topological polar surface area (TPSA) is 61.7 Å². The molecule has 0 aromatic heterocycles. The molecule has 16 heteroatoms. The lowest BCUT2D eigenvalue weighted by atomic mass is 9.77. The maximum absolute atomic E-state index is 14.8. The number of alkyl halides is 10. The summed E-state index contributed by atoms with van der Waals surface area (Å²) in [6.07, 6.45) is -26.7. The van der Waals surface area contributed by atoms with Crippen LogP contribution in [0.5, 0.6) is 5.75 Å². The third-order valence-electron chi connectivity index (χ3n) is 6.46. The van der Waals surface area contributed by atoms with Gasteiger partial charge in [0.05, 0.1) is 5.54 Å². The summed E-state index contributed by atoms with van der Waals surface area (Å²) >= 11 is 0. The van der Waals surface area contributed by atoms with Crippen molar-refractivity contribution in [2.75, 3.05) is 6.54 Å². The van der Waals surface area contributed by atoms with E-state index in [2.05, 4.69) is 10.1 Å². The van der Waals surface area contributed by atoms with Gasteiger partial charge in [-0.15, -0.1) is 0 Å². The van der Waals surface area contributed by atoms with E-state index < -0.39 is 78.0 Å². The Balaban J connectivity index is 2.27. The van der Waals surface area contributed by atoms with Crippen LogP contribution in [0, 0.1) is 11.6 Å². The second kappa shape index (κ2) is 12.2. The Morgan fingerprint density at radius 2 is 1.28 bits per heavy atom. The van der Waals surface area contributed by atoms with E-state index in [1.54, 1.807) is 0 Å². The zero-order chi connectivity index (χ0) is 32.4. The lowest BCUT2D eigenvalue weighted by Gasteiger charge is -2.41. The van der Waals surface area contributed by atoms with E-state index in [4.69, 9.17) is 0 Å². The summed E-state index contributed by atoms with van der Waals surface area (Å²) in [6, 6.07) is 12.2. The van der Waals surface area contributed by atoms with Crippen molar-refractivity contribution in [2.45, 2.75) is 48.6 Å². The van der Waals surface area contributed by atoms with Gasteiger partial charge in [-0.25, -0.2) is 8.78 Å². The number of aliphatic hydroxyl groups excluding tert-OH is 1. The van der Waals surface area contributed by atoms with Crippen molar-refractivity contribution < 1.29 is 67.6 Å². The molecule has 43 heavy (non-hydrogen) atoms. The zero-order valence-electron chi connectivity index (χ0n) is 21.3. The van der Waals surface area contributed by atoms with Gasteiger partial charge in [-0.05, 0) is 47.4 Å². The molecule has 0 heterocycles. The summed E-state index contributed by atoms with van der Waals surface area (Å²) in [7, 11) is 0. The van der Waals surface area contributed by atoms with Crippen molar-refractivity contribution in [3.63, 3.8) is 0 Å². The third-order valence-corrected chi connectivity index (χ3v) is 6.46. The summed E-state index contributed by atoms with van der Waals surface area (Å²) in [5.74, 6) is -3.51. The van der Waals surface area contributed by atoms with Gasteiger partial charge in [0.25, 0.3) is 5.60 Å². The fourth-order valence-corrected chi connectivity index (χ4v) is 4.30. The molecule has 4 nitrogen and oxygen atoms in total. The highest BCUT2D eigenvalue weighted by Crippen LogP contribution is 2.46. The Morgan fingerprint density at radius 3 is 1.79 bits per heavy atom. The van der Waals surface area contributed by atoms with E-state index in [1.165, 1.54) is 30.3 Å². The summed E-state index contributed by atoms with van der Waals surface area (Å²) < 4.78 is 166. The zero-order valence-corrected chi connectivity index (χ0v) is 21.3. The molecule has 0 amide bonds. The minimum absolute atomic E-state index is 0.218. The molecule has 3 aromatic carbocycles. The molecule has 1 unspecified atom stereocenters. The average molecular weight is 635 g/mol. The molecular formula is C27H21F12NO3. The molecule has 236 valence electrons. The van der Waals surface area contributed by atoms with Crippen molar-refractivity contribution in [3.8, 4) is 5.75 Å². The van der Waals surface area contributed by atoms with Crippen molar-refractivity contribution in [3.05, 3.63) is 101 Å². The number of benzene rings is 3. The molecule has 0 aliphatic rings. The van der Waals surface area contributed by atoms with Gasteiger partial charge >= 0.3 is 24.9 Å². The summed E-state index contributed by atoms with van der Waals surface area (Å²) in [6.45, 7) is -1.74. The van der Waals surface area contributed by atoms with Crippen molar-refractivity contribution >= 4 is 0 Å².